The van der Waals surface area contributed by atoms with Crippen molar-refractivity contribution in [1.82, 2.24) is 10.6 Å². The third kappa shape index (κ3) is 4.64. The summed E-state index contributed by atoms with van der Waals surface area (Å²) < 4.78 is 0. The second kappa shape index (κ2) is 8.05. The van der Waals surface area contributed by atoms with Gasteiger partial charge in [-0.3, -0.25) is 29.8 Å². The molecule has 6 heteroatoms. The van der Waals surface area contributed by atoms with E-state index in [1.54, 1.807) is 0 Å². The first-order valence-corrected chi connectivity index (χ1v) is 8.25. The van der Waals surface area contributed by atoms with E-state index in [1.165, 1.54) is 11.1 Å². The second-order valence-electron chi connectivity index (χ2n) is 5.88. The zero-order chi connectivity index (χ0) is 19.2. The van der Waals surface area contributed by atoms with Crippen LogP contribution in [0.15, 0.2) is 84.0 Å². The van der Waals surface area contributed by atoms with E-state index in [2.05, 4.69) is 59.2 Å². The molecule has 0 radical (unpaired) electrons. The largest absolute Gasteiger partial charge is 0.289 e. The van der Waals surface area contributed by atoms with Gasteiger partial charge >= 0.3 is 0 Å². The predicted molar refractivity (Wildman–Crippen MR) is 99.0 cm³/mol. The molecule has 27 heavy (non-hydrogen) atoms. The van der Waals surface area contributed by atoms with E-state index in [9.17, 15) is 19.2 Å². The molecule has 2 N–H and O–H groups in total. The summed E-state index contributed by atoms with van der Waals surface area (Å²) in [5.74, 6) is -2.04. The molecule has 2 aliphatic heterocycles. The van der Waals surface area contributed by atoms with E-state index in [0.29, 0.717) is 0 Å². The van der Waals surface area contributed by atoms with Gasteiger partial charge in [0.15, 0.2) is 0 Å². The Kier molecular flexibility index (Phi) is 5.37. The molecular weight excluding hydrogens is 344 g/mol. The number of benzene rings is 2. The maximum atomic E-state index is 11.1. The highest BCUT2D eigenvalue weighted by Crippen LogP contribution is 2.18. The third-order valence-corrected chi connectivity index (χ3v) is 3.93. The normalized spacial score (nSPS) is 15.4. The highest BCUT2D eigenvalue weighted by Gasteiger charge is 2.27. The molecule has 6 nitrogen and oxygen atoms in total. The molecule has 4 rings (SSSR count). The Morgan fingerprint density at radius 1 is 0.556 bits per heavy atom. The molecule has 2 aliphatic rings. The predicted octanol–water partition coefficient (Wildman–Crippen LogP) is 1.90. The Bertz CT molecular complexity index is 881. The van der Waals surface area contributed by atoms with Gasteiger partial charge in [-0.05, 0) is 11.1 Å². The Labute approximate surface area is 155 Å². The molecule has 2 aromatic carbocycles. The van der Waals surface area contributed by atoms with E-state index in [4.69, 9.17) is 0 Å². The van der Waals surface area contributed by atoms with Crippen LogP contribution in [0.2, 0.25) is 0 Å². The number of carbonyl (C=O) groups is 4. The smallest absolute Gasteiger partial charge is 0.254 e. The van der Waals surface area contributed by atoms with E-state index < -0.39 is 23.6 Å². The minimum atomic E-state index is -0.520. The molecule has 0 aromatic heterocycles. The molecule has 2 aromatic rings. The van der Waals surface area contributed by atoms with Crippen LogP contribution in [-0.4, -0.2) is 23.6 Å². The van der Waals surface area contributed by atoms with Crippen molar-refractivity contribution in [2.45, 2.75) is 6.42 Å². The molecule has 134 valence electrons. The Morgan fingerprint density at radius 3 is 1.22 bits per heavy atom. The quantitative estimate of drug-likeness (QED) is 0.818. The lowest BCUT2D eigenvalue weighted by Crippen LogP contribution is -2.24. The van der Waals surface area contributed by atoms with Gasteiger partial charge in [-0.1, -0.05) is 60.7 Å². The lowest BCUT2D eigenvalue weighted by atomic mass is 10.1. The van der Waals surface area contributed by atoms with Crippen LogP contribution in [0.25, 0.3) is 11.1 Å². The van der Waals surface area contributed by atoms with Crippen LogP contribution in [0, 0.1) is 0 Å². The summed E-state index contributed by atoms with van der Waals surface area (Å²) in [5, 5.41) is 4.11. The van der Waals surface area contributed by atoms with Gasteiger partial charge in [0.2, 0.25) is 0 Å². The lowest BCUT2D eigenvalue weighted by molar-refractivity contribution is -0.125. The summed E-state index contributed by atoms with van der Waals surface area (Å²) in [4.78, 5) is 43.8. The fourth-order valence-corrected chi connectivity index (χ4v) is 2.63. The highest BCUT2D eigenvalue weighted by molar-refractivity contribution is 6.20. The van der Waals surface area contributed by atoms with Crippen molar-refractivity contribution in [1.29, 1.82) is 0 Å². The standard InChI is InChI=1S/C12H10.C9H6N2O4/c1-3-7-11(8-4-1)12-9-5-2-6-10-12;12-6-2-4(8(14)10-6)1-5-3-7(13)11-9(5)15/h1-10H;2-3H,1H2,(H,10,12,14)(H,11,13,15). The molecule has 0 spiro atoms. The first kappa shape index (κ1) is 18.0. The number of amides is 4. The van der Waals surface area contributed by atoms with Gasteiger partial charge in [0, 0.05) is 29.7 Å². The summed E-state index contributed by atoms with van der Waals surface area (Å²) in [6.07, 6.45) is 2.24. The van der Waals surface area contributed by atoms with Crippen molar-refractivity contribution in [2.75, 3.05) is 0 Å². The second-order valence-corrected chi connectivity index (χ2v) is 5.88. The average molecular weight is 360 g/mol. The molecule has 0 saturated carbocycles. The summed E-state index contributed by atoms with van der Waals surface area (Å²) in [5.41, 5.74) is 2.93. The maximum absolute atomic E-state index is 11.1. The number of carbonyl (C=O) groups excluding carboxylic acids is 4. The molecule has 4 amide bonds. The first-order valence-electron chi connectivity index (χ1n) is 8.25. The van der Waals surface area contributed by atoms with Gasteiger partial charge in [-0.15, -0.1) is 0 Å². The van der Waals surface area contributed by atoms with E-state index in [-0.39, 0.29) is 17.6 Å². The van der Waals surface area contributed by atoms with Crippen LogP contribution in [-0.2, 0) is 19.2 Å². The topological polar surface area (TPSA) is 92.3 Å². The molecule has 0 unspecified atom stereocenters. The molecular formula is C21H16N2O4. The van der Waals surface area contributed by atoms with E-state index in [0.717, 1.165) is 12.2 Å². The zero-order valence-corrected chi connectivity index (χ0v) is 14.3. The van der Waals surface area contributed by atoms with Crippen molar-refractivity contribution in [3.8, 4) is 11.1 Å². The minimum Gasteiger partial charge on any atom is -0.289 e. The molecule has 0 atom stereocenters. The van der Waals surface area contributed by atoms with Crippen LogP contribution in [0.5, 0.6) is 0 Å². The maximum Gasteiger partial charge on any atom is 0.254 e. The number of nitrogens with one attached hydrogen (secondary N) is 2. The third-order valence-electron chi connectivity index (χ3n) is 3.93. The van der Waals surface area contributed by atoms with Gasteiger partial charge in [0.25, 0.3) is 23.6 Å². The molecule has 0 bridgehead atoms. The molecule has 0 fully saturated rings. The van der Waals surface area contributed by atoms with Crippen LogP contribution < -0.4 is 10.6 Å². The van der Waals surface area contributed by atoms with Crippen molar-refractivity contribution in [3.63, 3.8) is 0 Å². The first-order chi connectivity index (χ1) is 13.0. The van der Waals surface area contributed by atoms with Crippen molar-refractivity contribution >= 4 is 23.6 Å². The summed E-state index contributed by atoms with van der Waals surface area (Å²) >= 11 is 0. The Morgan fingerprint density at radius 2 is 0.926 bits per heavy atom. The summed E-state index contributed by atoms with van der Waals surface area (Å²) in [7, 11) is 0. The van der Waals surface area contributed by atoms with Crippen molar-refractivity contribution in [3.05, 3.63) is 84.0 Å². The zero-order valence-electron chi connectivity index (χ0n) is 14.3. The fourth-order valence-electron chi connectivity index (χ4n) is 2.63. The average Bonchev–Trinajstić information content (AvgIpc) is 3.17. The van der Waals surface area contributed by atoms with Crippen LogP contribution >= 0.6 is 0 Å². The van der Waals surface area contributed by atoms with Gasteiger partial charge in [0.05, 0.1) is 0 Å². The van der Waals surface area contributed by atoms with Crippen LogP contribution in [0.3, 0.4) is 0 Å². The van der Waals surface area contributed by atoms with Crippen LogP contribution in [0.4, 0.5) is 0 Å². The summed E-state index contributed by atoms with van der Waals surface area (Å²) in [6.45, 7) is 0. The number of rotatable bonds is 3. The minimum absolute atomic E-state index is 0.00481. The highest BCUT2D eigenvalue weighted by atomic mass is 16.2. The van der Waals surface area contributed by atoms with Gasteiger partial charge in [-0.25, -0.2) is 0 Å². The van der Waals surface area contributed by atoms with Gasteiger partial charge < -0.3 is 0 Å². The monoisotopic (exact) mass is 360 g/mol. The number of hydrogen-bond donors (Lipinski definition) is 2. The molecule has 0 saturated heterocycles. The lowest BCUT2D eigenvalue weighted by Gasteiger charge is -1.98. The van der Waals surface area contributed by atoms with Gasteiger partial charge in [0.1, 0.15) is 0 Å². The molecule has 0 aliphatic carbocycles. The Hall–Kier alpha value is -3.80. The van der Waals surface area contributed by atoms with Crippen molar-refractivity contribution < 1.29 is 19.2 Å². The SMILES string of the molecule is O=C1C=C(CC2=CC(=O)NC2=O)C(=O)N1.c1ccc(-c2ccccc2)cc1. The van der Waals surface area contributed by atoms with Crippen LogP contribution in [0.1, 0.15) is 6.42 Å². The Balaban J connectivity index is 0.000000159. The van der Waals surface area contributed by atoms with E-state index >= 15 is 0 Å². The van der Waals surface area contributed by atoms with Crippen molar-refractivity contribution in [2.24, 2.45) is 0 Å². The summed E-state index contributed by atoms with van der Waals surface area (Å²) in [6, 6.07) is 20.8. The number of hydrogen-bond acceptors (Lipinski definition) is 4. The van der Waals surface area contributed by atoms with Gasteiger partial charge in [-0.2, -0.15) is 0 Å². The fraction of sp³-hybridized carbons (Fsp3) is 0.0476. The molecule has 2 heterocycles. The van der Waals surface area contributed by atoms with E-state index in [1.807, 2.05) is 12.1 Å². The number of imide groups is 2.